The molecule has 184 valence electrons. The third-order valence-corrected chi connectivity index (χ3v) is 14.6. The van der Waals surface area contributed by atoms with E-state index in [1.807, 2.05) is 0 Å². The van der Waals surface area contributed by atoms with E-state index < -0.39 is 5.51 Å². The molecule has 0 aliphatic heterocycles. The van der Waals surface area contributed by atoms with Crippen LogP contribution >= 0.6 is 5.51 Å². The maximum atomic E-state index is 5.34. The third-order valence-electron chi connectivity index (χ3n) is 7.62. The van der Waals surface area contributed by atoms with Gasteiger partial charge in [0.2, 0.25) is 0 Å². The molecule has 0 saturated heterocycles. The summed E-state index contributed by atoms with van der Waals surface area (Å²) in [5.74, 6) is 0. The van der Waals surface area contributed by atoms with E-state index in [4.69, 9.17) is 9.97 Å². The first-order chi connectivity index (χ1) is 19.2. The summed E-state index contributed by atoms with van der Waals surface area (Å²) in [5, 5.41) is 7.25. The number of benzene rings is 5. The summed E-state index contributed by atoms with van der Waals surface area (Å²) in [7, 11) is 0. The molecular weight excluding hydrogens is 560 g/mol. The Labute approximate surface area is 233 Å². The van der Waals surface area contributed by atoms with E-state index in [0.29, 0.717) is 0 Å². The van der Waals surface area contributed by atoms with E-state index in [1.54, 1.807) is 0 Å². The van der Waals surface area contributed by atoms with Crippen LogP contribution in [0.1, 0.15) is 0 Å². The summed E-state index contributed by atoms with van der Waals surface area (Å²) >= 11 is 3.73. The van der Waals surface area contributed by atoms with Gasteiger partial charge in [0.05, 0.1) is 0 Å². The second kappa shape index (κ2) is 8.73. The predicted molar refractivity (Wildman–Crippen MR) is 167 cm³/mol. The summed E-state index contributed by atoms with van der Waals surface area (Å²) in [5.41, 5.74) is 4.07. The molecule has 3 heterocycles. The first kappa shape index (κ1) is 22.9. The Balaban J connectivity index is 1.56. The summed E-state index contributed by atoms with van der Waals surface area (Å²) in [6.07, 6.45) is 0. The van der Waals surface area contributed by atoms with E-state index in [9.17, 15) is 0 Å². The Morgan fingerprint density at radius 1 is 0.513 bits per heavy atom. The van der Waals surface area contributed by atoms with E-state index in [-0.39, 0.29) is 0 Å². The van der Waals surface area contributed by atoms with Crippen molar-refractivity contribution in [3.63, 3.8) is 0 Å². The molecule has 3 aromatic heterocycles. The van der Waals surface area contributed by atoms with Gasteiger partial charge in [-0.05, 0) is 0 Å². The first-order valence-corrected chi connectivity index (χ1v) is 17.0. The van der Waals surface area contributed by atoms with Crippen LogP contribution < -0.4 is 15.9 Å². The molecule has 0 aliphatic carbocycles. The van der Waals surface area contributed by atoms with Crippen LogP contribution in [-0.4, -0.2) is 29.5 Å². The third kappa shape index (κ3) is 3.33. The molecule has 0 spiro atoms. The van der Waals surface area contributed by atoms with Gasteiger partial charge in [-0.15, -0.1) is 0 Å². The number of rotatable bonds is 3. The average Bonchev–Trinajstić information content (AvgIpc) is 3.41. The van der Waals surface area contributed by atoms with Crippen LogP contribution in [0.2, 0.25) is 0 Å². The van der Waals surface area contributed by atoms with E-state index >= 15 is 0 Å². The first-order valence-electron chi connectivity index (χ1n) is 13.0. The number of hydrogen-bond acceptors (Lipinski definition) is 2. The van der Waals surface area contributed by atoms with Gasteiger partial charge in [0.15, 0.2) is 0 Å². The minimum absolute atomic E-state index is 0.942. The van der Waals surface area contributed by atoms with Crippen molar-refractivity contribution >= 4 is 85.9 Å². The van der Waals surface area contributed by atoms with Crippen molar-refractivity contribution in [3.05, 3.63) is 133 Å². The number of aromatic nitrogens is 3. The van der Waals surface area contributed by atoms with Crippen molar-refractivity contribution in [2.75, 3.05) is 0 Å². The minimum atomic E-state index is -2.08. The van der Waals surface area contributed by atoms with Crippen LogP contribution in [-0.2, 0) is 0 Å². The average molecular weight is 583 g/mol. The molecule has 5 aromatic carbocycles. The van der Waals surface area contributed by atoms with Crippen molar-refractivity contribution in [1.82, 2.24) is 14.4 Å². The molecule has 0 radical (unpaired) electrons. The molecule has 0 amide bonds. The molecule has 0 aliphatic rings. The fourth-order valence-corrected chi connectivity index (χ4v) is 11.2. The van der Waals surface area contributed by atoms with Gasteiger partial charge in [-0.3, -0.25) is 0 Å². The molecule has 3 nitrogen and oxygen atoms in total. The standard InChI is InChI=1S/C34H22N3PSe/c39-38(23-12-3-1-4-13-23,24-14-5-2-6-15-24)32-21-11-18-28-26(32)22-27-33(35-28)25-16-7-9-19-30(25)37-31-20-10-8-17-29(31)36-34(27)37/h1-22H. The molecule has 8 aromatic rings. The SMILES string of the molecule is [Se]=P(c1ccccc1)(c1ccccc1)c1cccc2nc3c4ccccc4n4c5ccccc5nc4c3cc12. The molecule has 0 atom stereocenters. The van der Waals surface area contributed by atoms with E-state index in [0.717, 1.165) is 49.4 Å². The van der Waals surface area contributed by atoms with Gasteiger partial charge in [-0.1, -0.05) is 0 Å². The van der Waals surface area contributed by atoms with Crippen LogP contribution in [0.5, 0.6) is 0 Å². The predicted octanol–water partition coefficient (Wildman–Crippen LogP) is 6.72. The summed E-state index contributed by atoms with van der Waals surface area (Å²) in [4.78, 5) is 10.5. The van der Waals surface area contributed by atoms with Crippen molar-refractivity contribution in [2.24, 2.45) is 0 Å². The van der Waals surface area contributed by atoms with Gasteiger partial charge < -0.3 is 0 Å². The zero-order chi connectivity index (χ0) is 26.0. The molecular formula is C34H22N3PSe. The summed E-state index contributed by atoms with van der Waals surface area (Å²) in [6, 6.07) is 47.5. The van der Waals surface area contributed by atoms with Gasteiger partial charge in [0.25, 0.3) is 0 Å². The Morgan fingerprint density at radius 2 is 1.13 bits per heavy atom. The maximum absolute atomic E-state index is 5.34. The van der Waals surface area contributed by atoms with E-state index in [2.05, 4.69) is 153 Å². The van der Waals surface area contributed by atoms with Gasteiger partial charge >= 0.3 is 234 Å². The topological polar surface area (TPSA) is 30.2 Å². The fourth-order valence-electron chi connectivity index (χ4n) is 5.85. The van der Waals surface area contributed by atoms with Gasteiger partial charge in [0.1, 0.15) is 0 Å². The van der Waals surface area contributed by atoms with Crippen LogP contribution in [0, 0.1) is 0 Å². The van der Waals surface area contributed by atoms with E-state index in [1.165, 1.54) is 15.9 Å². The number of para-hydroxylation sites is 3. The number of nitrogens with zero attached hydrogens (tertiary/aromatic N) is 3. The van der Waals surface area contributed by atoms with Gasteiger partial charge in [-0.2, -0.15) is 0 Å². The van der Waals surface area contributed by atoms with Crippen molar-refractivity contribution in [3.8, 4) is 0 Å². The summed E-state index contributed by atoms with van der Waals surface area (Å²) < 4.78 is 2.29. The van der Waals surface area contributed by atoms with Crippen LogP contribution in [0.4, 0.5) is 0 Å². The molecule has 0 saturated carbocycles. The molecule has 0 bridgehead atoms. The Bertz CT molecular complexity index is 2210. The van der Waals surface area contributed by atoms with Crippen LogP contribution in [0.3, 0.4) is 0 Å². The molecule has 0 unspecified atom stereocenters. The molecule has 5 heteroatoms. The molecule has 0 fully saturated rings. The van der Waals surface area contributed by atoms with Crippen LogP contribution in [0.15, 0.2) is 133 Å². The number of hydrogen-bond donors (Lipinski definition) is 0. The molecule has 8 rings (SSSR count). The fraction of sp³-hybridized carbons (Fsp3) is 0. The Kier molecular flexibility index (Phi) is 5.12. The monoisotopic (exact) mass is 583 g/mol. The normalized spacial score (nSPS) is 12.2. The Hall–Kier alpha value is -4.07. The summed E-state index contributed by atoms with van der Waals surface area (Å²) in [6.45, 7) is 0. The molecule has 0 N–H and O–H groups in total. The zero-order valence-electron chi connectivity index (χ0n) is 20.9. The van der Waals surface area contributed by atoms with Gasteiger partial charge in [0, 0.05) is 0 Å². The number of pyridine rings is 2. The zero-order valence-corrected chi connectivity index (χ0v) is 23.5. The Morgan fingerprint density at radius 3 is 1.87 bits per heavy atom. The van der Waals surface area contributed by atoms with Crippen LogP contribution in [0.25, 0.3) is 49.4 Å². The molecule has 39 heavy (non-hydrogen) atoms. The van der Waals surface area contributed by atoms with Crippen molar-refractivity contribution in [2.45, 2.75) is 0 Å². The number of imidazole rings is 1. The van der Waals surface area contributed by atoms with Gasteiger partial charge in [-0.25, -0.2) is 0 Å². The van der Waals surface area contributed by atoms with Crippen molar-refractivity contribution in [1.29, 1.82) is 0 Å². The quantitative estimate of drug-likeness (QED) is 0.100. The number of fused-ring (bicyclic) bond motifs is 9. The second-order valence-electron chi connectivity index (χ2n) is 9.79. The second-order valence-corrected chi connectivity index (χ2v) is 16.0. The van der Waals surface area contributed by atoms with Crippen molar-refractivity contribution < 1.29 is 0 Å².